The normalized spacial score (nSPS) is 29.7. The van der Waals surface area contributed by atoms with Gasteiger partial charge in [0, 0.05) is 28.5 Å². The van der Waals surface area contributed by atoms with E-state index in [0.717, 1.165) is 66.4 Å². The lowest BCUT2D eigenvalue weighted by Gasteiger charge is -2.33. The summed E-state index contributed by atoms with van der Waals surface area (Å²) in [4.78, 5) is 0. The van der Waals surface area contributed by atoms with E-state index in [1.54, 1.807) is 11.9 Å². The summed E-state index contributed by atoms with van der Waals surface area (Å²) in [5.41, 5.74) is 7.11. The van der Waals surface area contributed by atoms with Gasteiger partial charge in [0.1, 0.15) is 5.76 Å². The molecule has 0 amide bonds. The maximum atomic E-state index is 11.1. The molecule has 2 bridgehead atoms. The van der Waals surface area contributed by atoms with Crippen LogP contribution in [0.5, 0.6) is 0 Å². The Morgan fingerprint density at radius 1 is 1.11 bits per heavy atom. The Kier molecular flexibility index (Phi) is 3.93. The fourth-order valence-corrected chi connectivity index (χ4v) is 7.37. The van der Waals surface area contributed by atoms with Crippen molar-refractivity contribution in [1.82, 2.24) is 0 Å². The number of anilines is 1. The molecule has 28 heavy (non-hydrogen) atoms. The number of furan rings is 1. The molecule has 0 spiro atoms. The Balaban J connectivity index is 1.33. The van der Waals surface area contributed by atoms with Gasteiger partial charge in [0.15, 0.2) is 5.09 Å². The van der Waals surface area contributed by atoms with E-state index in [9.17, 15) is 5.11 Å². The molecule has 6 rings (SSSR count). The second-order valence-corrected chi connectivity index (χ2v) is 10.4. The Morgan fingerprint density at radius 2 is 1.79 bits per heavy atom. The first kappa shape index (κ1) is 17.7. The van der Waals surface area contributed by atoms with Crippen molar-refractivity contribution in [1.29, 1.82) is 0 Å². The van der Waals surface area contributed by atoms with Crippen molar-refractivity contribution in [3.63, 3.8) is 0 Å². The van der Waals surface area contributed by atoms with Crippen LogP contribution >= 0.6 is 23.5 Å². The van der Waals surface area contributed by atoms with Crippen LogP contribution in [0.3, 0.4) is 0 Å². The summed E-state index contributed by atoms with van der Waals surface area (Å²) in [5.74, 6) is 1.88. The number of aliphatic hydroxyl groups is 1. The van der Waals surface area contributed by atoms with Crippen LogP contribution in [0.25, 0.3) is 0 Å². The number of nitrogens with one attached hydrogen (secondary N) is 1. The molecule has 0 aliphatic heterocycles. The van der Waals surface area contributed by atoms with Crippen LogP contribution in [-0.2, 0) is 31.3 Å². The zero-order valence-corrected chi connectivity index (χ0v) is 17.8. The largest absolute Gasteiger partial charge is 0.452 e. The molecule has 4 aliphatic rings. The Morgan fingerprint density at radius 3 is 2.50 bits per heavy atom. The number of benzene rings is 1. The molecule has 3 atom stereocenters. The third-order valence-electron chi connectivity index (χ3n) is 7.70. The lowest BCUT2D eigenvalue weighted by atomic mass is 9.76. The van der Waals surface area contributed by atoms with Gasteiger partial charge in [-0.25, -0.2) is 0 Å². The molecule has 148 valence electrons. The van der Waals surface area contributed by atoms with Gasteiger partial charge in [-0.1, -0.05) is 11.6 Å². The third kappa shape index (κ3) is 2.41. The molecule has 3 unspecified atom stereocenters. The van der Waals surface area contributed by atoms with Gasteiger partial charge in [0.2, 0.25) is 0 Å². The summed E-state index contributed by atoms with van der Waals surface area (Å²) in [6.45, 7) is 1.97. The van der Waals surface area contributed by atoms with E-state index in [1.165, 1.54) is 40.8 Å². The van der Waals surface area contributed by atoms with E-state index < -0.39 is 5.60 Å². The van der Waals surface area contributed by atoms with E-state index in [4.69, 9.17) is 16.0 Å². The SMILES string of the molecule is CC1(O)c2cc(SNc3c4c(c(Cl)c5c3CCC5)CCC4)oc2C2CCC1C2. The summed E-state index contributed by atoms with van der Waals surface area (Å²) in [7, 11) is 0. The first-order chi connectivity index (χ1) is 13.5. The fraction of sp³-hybridized carbons (Fsp3) is 0.565. The zero-order chi connectivity index (χ0) is 19.0. The van der Waals surface area contributed by atoms with E-state index >= 15 is 0 Å². The van der Waals surface area contributed by atoms with Crippen molar-refractivity contribution in [2.75, 3.05) is 4.72 Å². The summed E-state index contributed by atoms with van der Waals surface area (Å²) in [6, 6.07) is 2.08. The van der Waals surface area contributed by atoms with Gasteiger partial charge in [-0.05, 0) is 98.9 Å². The number of rotatable bonds is 3. The molecule has 3 nitrogen and oxygen atoms in total. The minimum atomic E-state index is -0.757. The zero-order valence-electron chi connectivity index (χ0n) is 16.2. The average Bonchev–Trinajstić information content (AvgIpc) is 3.44. The number of hydrogen-bond donors (Lipinski definition) is 2. The summed E-state index contributed by atoms with van der Waals surface area (Å²) < 4.78 is 9.92. The number of halogens is 1. The van der Waals surface area contributed by atoms with Gasteiger partial charge in [-0.3, -0.25) is 0 Å². The highest BCUT2D eigenvalue weighted by molar-refractivity contribution is 8.00. The molecule has 0 radical (unpaired) electrons. The number of fused-ring (bicyclic) bond motifs is 6. The fourth-order valence-electron chi connectivity index (χ4n) is 6.19. The average molecular weight is 416 g/mol. The Labute approximate surface area is 175 Å². The van der Waals surface area contributed by atoms with Gasteiger partial charge in [0.05, 0.1) is 11.3 Å². The molecule has 4 aliphatic carbocycles. The highest BCUT2D eigenvalue weighted by atomic mass is 35.5. The predicted octanol–water partition coefficient (Wildman–Crippen LogP) is 6.13. The van der Waals surface area contributed by atoms with Crippen molar-refractivity contribution in [3.8, 4) is 0 Å². The van der Waals surface area contributed by atoms with Crippen LogP contribution in [0, 0.1) is 5.92 Å². The summed E-state index contributed by atoms with van der Waals surface area (Å²) in [5, 5.41) is 13.0. The smallest absolute Gasteiger partial charge is 0.181 e. The van der Waals surface area contributed by atoms with Crippen LogP contribution in [0.4, 0.5) is 5.69 Å². The van der Waals surface area contributed by atoms with Crippen molar-refractivity contribution < 1.29 is 9.52 Å². The molecular formula is C23H26ClNO2S. The molecule has 1 aromatic heterocycles. The van der Waals surface area contributed by atoms with Crippen LogP contribution in [0.1, 0.15) is 78.5 Å². The third-order valence-corrected chi connectivity index (χ3v) is 8.87. The molecule has 2 N–H and O–H groups in total. The van der Waals surface area contributed by atoms with E-state index in [1.807, 2.05) is 6.92 Å². The van der Waals surface area contributed by atoms with Gasteiger partial charge >= 0.3 is 0 Å². The van der Waals surface area contributed by atoms with E-state index in [-0.39, 0.29) is 0 Å². The van der Waals surface area contributed by atoms with Crippen molar-refractivity contribution in [2.45, 2.75) is 81.3 Å². The van der Waals surface area contributed by atoms with Crippen molar-refractivity contribution in [2.24, 2.45) is 5.92 Å². The first-order valence-corrected chi connectivity index (χ1v) is 11.9. The van der Waals surface area contributed by atoms with Gasteiger partial charge < -0.3 is 14.2 Å². The topological polar surface area (TPSA) is 45.4 Å². The second-order valence-electron chi connectivity index (χ2n) is 9.21. The summed E-state index contributed by atoms with van der Waals surface area (Å²) in [6.07, 6.45) is 10.1. The lowest BCUT2D eigenvalue weighted by molar-refractivity contribution is -0.0115. The maximum Gasteiger partial charge on any atom is 0.181 e. The molecule has 0 saturated heterocycles. The minimum Gasteiger partial charge on any atom is -0.452 e. The van der Waals surface area contributed by atoms with Crippen molar-refractivity contribution in [3.05, 3.63) is 44.7 Å². The van der Waals surface area contributed by atoms with Crippen LogP contribution in [0.2, 0.25) is 5.02 Å². The Hall–Kier alpha value is -1.10. The van der Waals surface area contributed by atoms with Gasteiger partial charge in [-0.2, -0.15) is 0 Å². The van der Waals surface area contributed by atoms with Gasteiger partial charge in [-0.15, -0.1) is 0 Å². The molecular weight excluding hydrogens is 390 g/mol. The molecule has 1 heterocycles. The van der Waals surface area contributed by atoms with Gasteiger partial charge in [0.25, 0.3) is 0 Å². The minimum absolute atomic E-state index is 0.371. The quantitative estimate of drug-likeness (QED) is 0.591. The van der Waals surface area contributed by atoms with Crippen LogP contribution in [0.15, 0.2) is 15.6 Å². The highest BCUT2D eigenvalue weighted by Crippen LogP contribution is 2.55. The van der Waals surface area contributed by atoms with Crippen molar-refractivity contribution >= 4 is 29.2 Å². The number of hydrogen-bond acceptors (Lipinski definition) is 4. The first-order valence-electron chi connectivity index (χ1n) is 10.7. The Bertz CT molecular complexity index is 944. The lowest BCUT2D eigenvalue weighted by Crippen LogP contribution is -2.33. The second kappa shape index (κ2) is 6.20. The monoisotopic (exact) mass is 415 g/mol. The van der Waals surface area contributed by atoms with Crippen LogP contribution in [-0.4, -0.2) is 5.11 Å². The molecule has 2 aromatic rings. The molecule has 1 fully saturated rings. The molecule has 5 heteroatoms. The molecule has 1 aromatic carbocycles. The van der Waals surface area contributed by atoms with E-state index in [0.29, 0.717) is 11.8 Å². The van der Waals surface area contributed by atoms with Crippen LogP contribution < -0.4 is 4.72 Å². The summed E-state index contributed by atoms with van der Waals surface area (Å²) >= 11 is 8.31. The maximum absolute atomic E-state index is 11.1. The molecule has 1 saturated carbocycles. The standard InChI is InChI=1S/C23H26ClNO2S/c1-23(26)13-9-8-12(10-13)22-18(23)11-19(27-22)28-25-21-16-6-2-4-14(16)20(24)15-5-3-7-17(15)21/h11-13,25-26H,2-10H2,1H3. The predicted molar refractivity (Wildman–Crippen MR) is 113 cm³/mol. The van der Waals surface area contributed by atoms with E-state index in [2.05, 4.69) is 10.8 Å². The highest BCUT2D eigenvalue weighted by Gasteiger charge is 2.48.